The number of ether oxygens (including phenoxy) is 1. The van der Waals surface area contributed by atoms with Crippen LogP contribution in [0.1, 0.15) is 17.7 Å². The fourth-order valence-corrected chi connectivity index (χ4v) is 2.89. The number of fused-ring (bicyclic) bond motifs is 1. The molecule has 1 N–H and O–H groups in total. The Morgan fingerprint density at radius 1 is 1.41 bits per heavy atom. The molecule has 1 aromatic rings. The second-order valence-electron chi connectivity index (χ2n) is 4.99. The molecule has 0 radical (unpaired) electrons. The summed E-state index contributed by atoms with van der Waals surface area (Å²) in [5.41, 5.74) is 3.62. The van der Waals surface area contributed by atoms with Gasteiger partial charge in [-0.1, -0.05) is 6.08 Å². The average molecular weight is 230 g/mol. The van der Waals surface area contributed by atoms with E-state index in [1.807, 2.05) is 13.1 Å². The van der Waals surface area contributed by atoms with E-state index in [2.05, 4.69) is 22.4 Å². The minimum absolute atomic E-state index is 0.720. The fraction of sp³-hybridized carbons (Fsp3) is 0.500. The van der Waals surface area contributed by atoms with E-state index in [9.17, 15) is 0 Å². The molecule has 1 aliphatic carbocycles. The average Bonchev–Trinajstić information content (AvgIpc) is 2.90. The van der Waals surface area contributed by atoms with Crippen molar-refractivity contribution in [2.24, 2.45) is 11.8 Å². The number of allylic oxidation sites excluding steroid dienone is 1. The van der Waals surface area contributed by atoms with Gasteiger partial charge in [0.2, 0.25) is 0 Å². The zero-order valence-corrected chi connectivity index (χ0v) is 10.4. The van der Waals surface area contributed by atoms with Gasteiger partial charge in [-0.05, 0) is 48.9 Å². The Hall–Kier alpha value is -1.35. The number of methoxy groups -OCH3 is 1. The van der Waals surface area contributed by atoms with Gasteiger partial charge in [-0.25, -0.2) is 0 Å². The fourth-order valence-electron chi connectivity index (χ4n) is 2.89. The molecule has 1 saturated heterocycles. The van der Waals surface area contributed by atoms with Crippen LogP contribution in [0.15, 0.2) is 18.3 Å². The third-order valence-corrected chi connectivity index (χ3v) is 3.92. The van der Waals surface area contributed by atoms with Crippen LogP contribution in [-0.4, -0.2) is 25.2 Å². The van der Waals surface area contributed by atoms with Gasteiger partial charge in [0.15, 0.2) is 0 Å². The standard InChI is InChI=1S/C14H18N2O/c1-9-14(17-2)5-13(8-16-9)10-3-11-6-15-7-12(11)4-10/h3,5,8,11-12,15H,4,6-7H2,1-2H3/t11-,12+/m0/s1. The molecule has 3 rings (SSSR count). The lowest BCUT2D eigenvalue weighted by molar-refractivity contribution is 0.409. The van der Waals surface area contributed by atoms with Crippen LogP contribution in [0, 0.1) is 18.8 Å². The summed E-state index contributed by atoms with van der Waals surface area (Å²) in [5, 5.41) is 3.44. The highest BCUT2D eigenvalue weighted by Crippen LogP contribution is 2.38. The number of aromatic nitrogens is 1. The maximum Gasteiger partial charge on any atom is 0.140 e. The van der Waals surface area contributed by atoms with E-state index >= 15 is 0 Å². The van der Waals surface area contributed by atoms with Gasteiger partial charge in [0.1, 0.15) is 5.75 Å². The van der Waals surface area contributed by atoms with Gasteiger partial charge in [-0.2, -0.15) is 0 Å². The summed E-state index contributed by atoms with van der Waals surface area (Å²) in [6.45, 7) is 4.26. The molecule has 0 spiro atoms. The van der Waals surface area contributed by atoms with Crippen molar-refractivity contribution in [2.45, 2.75) is 13.3 Å². The van der Waals surface area contributed by atoms with E-state index in [1.165, 1.54) is 17.6 Å². The zero-order valence-electron chi connectivity index (χ0n) is 10.4. The quantitative estimate of drug-likeness (QED) is 0.844. The van der Waals surface area contributed by atoms with Gasteiger partial charge in [-0.3, -0.25) is 4.98 Å². The highest BCUT2D eigenvalue weighted by Gasteiger charge is 2.31. The van der Waals surface area contributed by atoms with E-state index < -0.39 is 0 Å². The molecule has 90 valence electrons. The van der Waals surface area contributed by atoms with Crippen molar-refractivity contribution in [1.82, 2.24) is 10.3 Å². The van der Waals surface area contributed by atoms with Crippen LogP contribution in [0.2, 0.25) is 0 Å². The smallest absolute Gasteiger partial charge is 0.140 e. The number of hydrogen-bond donors (Lipinski definition) is 1. The highest BCUT2D eigenvalue weighted by atomic mass is 16.5. The topological polar surface area (TPSA) is 34.1 Å². The van der Waals surface area contributed by atoms with E-state index in [1.54, 1.807) is 7.11 Å². The van der Waals surface area contributed by atoms with Crippen molar-refractivity contribution in [1.29, 1.82) is 0 Å². The first-order chi connectivity index (χ1) is 8.28. The van der Waals surface area contributed by atoms with Crippen LogP contribution in [0.3, 0.4) is 0 Å². The number of rotatable bonds is 2. The van der Waals surface area contributed by atoms with Crippen molar-refractivity contribution in [2.75, 3.05) is 20.2 Å². The van der Waals surface area contributed by atoms with Gasteiger partial charge >= 0.3 is 0 Å². The van der Waals surface area contributed by atoms with Crippen LogP contribution >= 0.6 is 0 Å². The molecule has 1 aromatic heterocycles. The number of hydrogen-bond acceptors (Lipinski definition) is 3. The van der Waals surface area contributed by atoms with Gasteiger partial charge < -0.3 is 10.1 Å². The highest BCUT2D eigenvalue weighted by molar-refractivity contribution is 5.69. The lowest BCUT2D eigenvalue weighted by Gasteiger charge is -2.09. The van der Waals surface area contributed by atoms with Crippen molar-refractivity contribution in [3.63, 3.8) is 0 Å². The Balaban J connectivity index is 1.90. The molecule has 0 bridgehead atoms. The zero-order chi connectivity index (χ0) is 11.8. The van der Waals surface area contributed by atoms with Crippen molar-refractivity contribution < 1.29 is 4.74 Å². The summed E-state index contributed by atoms with van der Waals surface area (Å²) in [5.74, 6) is 2.40. The molecular formula is C14H18N2O. The number of nitrogens with zero attached hydrogens (tertiary/aromatic N) is 1. The van der Waals surface area contributed by atoms with E-state index in [0.29, 0.717) is 0 Å². The van der Waals surface area contributed by atoms with Gasteiger partial charge in [0, 0.05) is 12.7 Å². The number of aryl methyl sites for hydroxylation is 1. The Labute approximate surface area is 102 Å². The molecule has 2 aliphatic rings. The second-order valence-corrected chi connectivity index (χ2v) is 4.99. The lowest BCUT2D eigenvalue weighted by atomic mass is 9.99. The molecule has 2 atom stereocenters. The minimum Gasteiger partial charge on any atom is -0.495 e. The van der Waals surface area contributed by atoms with Crippen LogP contribution in [0.5, 0.6) is 5.75 Å². The first-order valence-corrected chi connectivity index (χ1v) is 6.20. The van der Waals surface area contributed by atoms with E-state index in [4.69, 9.17) is 4.74 Å². The summed E-state index contributed by atoms with van der Waals surface area (Å²) in [6, 6.07) is 2.11. The maximum atomic E-state index is 5.34. The number of pyridine rings is 1. The predicted octanol–water partition coefficient (Wildman–Crippen LogP) is 2.02. The molecule has 3 nitrogen and oxygen atoms in total. The Morgan fingerprint density at radius 2 is 2.29 bits per heavy atom. The van der Waals surface area contributed by atoms with E-state index in [-0.39, 0.29) is 0 Å². The summed E-state index contributed by atoms with van der Waals surface area (Å²) < 4.78 is 5.34. The molecule has 1 fully saturated rings. The largest absolute Gasteiger partial charge is 0.495 e. The third kappa shape index (κ3) is 1.84. The maximum absolute atomic E-state index is 5.34. The van der Waals surface area contributed by atoms with Gasteiger partial charge in [-0.15, -0.1) is 0 Å². The van der Waals surface area contributed by atoms with Crippen molar-refractivity contribution in [3.8, 4) is 5.75 Å². The summed E-state index contributed by atoms with van der Waals surface area (Å²) in [4.78, 5) is 4.41. The Kier molecular flexibility index (Phi) is 2.63. The monoisotopic (exact) mass is 230 g/mol. The molecule has 0 saturated carbocycles. The third-order valence-electron chi connectivity index (χ3n) is 3.92. The van der Waals surface area contributed by atoms with Crippen LogP contribution in [-0.2, 0) is 0 Å². The first-order valence-electron chi connectivity index (χ1n) is 6.20. The molecule has 2 heterocycles. The Morgan fingerprint density at radius 3 is 3.06 bits per heavy atom. The van der Waals surface area contributed by atoms with Crippen molar-refractivity contribution >= 4 is 5.57 Å². The first kappa shape index (κ1) is 10.8. The minimum atomic E-state index is 0.720. The summed E-state index contributed by atoms with van der Waals surface area (Å²) >= 11 is 0. The lowest BCUT2D eigenvalue weighted by Crippen LogP contribution is -2.09. The molecular weight excluding hydrogens is 212 g/mol. The molecule has 0 aromatic carbocycles. The van der Waals surface area contributed by atoms with Crippen LogP contribution in [0.4, 0.5) is 0 Å². The second kappa shape index (κ2) is 4.15. The summed E-state index contributed by atoms with van der Waals surface area (Å²) in [6.07, 6.45) is 5.56. The number of nitrogens with one attached hydrogen (secondary N) is 1. The Bertz CT molecular complexity index is 467. The SMILES string of the molecule is COc1cc(C2=C[C@H]3CNC[C@H]3C2)cnc1C. The summed E-state index contributed by atoms with van der Waals surface area (Å²) in [7, 11) is 1.70. The molecule has 17 heavy (non-hydrogen) atoms. The van der Waals surface area contributed by atoms with Gasteiger partial charge in [0.25, 0.3) is 0 Å². The molecule has 1 aliphatic heterocycles. The molecule has 3 heteroatoms. The predicted molar refractivity (Wildman–Crippen MR) is 68.0 cm³/mol. The molecule has 0 amide bonds. The van der Waals surface area contributed by atoms with Crippen LogP contribution in [0.25, 0.3) is 5.57 Å². The van der Waals surface area contributed by atoms with Crippen LogP contribution < -0.4 is 10.1 Å². The van der Waals surface area contributed by atoms with Gasteiger partial charge in [0.05, 0.1) is 12.8 Å². The molecule has 0 unspecified atom stereocenters. The van der Waals surface area contributed by atoms with E-state index in [0.717, 1.165) is 36.4 Å². The van der Waals surface area contributed by atoms with Crippen molar-refractivity contribution in [3.05, 3.63) is 29.6 Å². The normalized spacial score (nSPS) is 26.8.